The standard InChI is InChI=1S/C19H19ClN2O3/c1-2-25-17-9-4-3-8-16(17)22-12-13(10-18(22)23)19(24)21-15-7-5-6-14(20)11-15/h3-9,11,13H,2,10,12H2,1H3,(H,21,24)/t13-/m1/s1. The lowest BCUT2D eigenvalue weighted by Gasteiger charge is -2.20. The van der Waals surface area contributed by atoms with Crippen LogP contribution >= 0.6 is 11.6 Å². The summed E-state index contributed by atoms with van der Waals surface area (Å²) in [5, 5.41) is 3.37. The summed E-state index contributed by atoms with van der Waals surface area (Å²) in [6, 6.07) is 14.3. The highest BCUT2D eigenvalue weighted by atomic mass is 35.5. The van der Waals surface area contributed by atoms with Crippen LogP contribution in [-0.2, 0) is 9.59 Å². The highest BCUT2D eigenvalue weighted by Gasteiger charge is 2.36. The molecule has 2 amide bonds. The Morgan fingerprint density at radius 1 is 1.28 bits per heavy atom. The van der Waals surface area contributed by atoms with E-state index in [2.05, 4.69) is 5.32 Å². The number of nitrogens with one attached hydrogen (secondary N) is 1. The molecular weight excluding hydrogens is 340 g/mol. The van der Waals surface area contributed by atoms with E-state index in [0.29, 0.717) is 35.3 Å². The van der Waals surface area contributed by atoms with Crippen molar-refractivity contribution in [2.24, 2.45) is 5.92 Å². The second-order valence-electron chi connectivity index (χ2n) is 5.81. The lowest BCUT2D eigenvalue weighted by atomic mass is 10.1. The predicted molar refractivity (Wildman–Crippen MR) is 98.2 cm³/mol. The average molecular weight is 359 g/mol. The first-order valence-electron chi connectivity index (χ1n) is 8.17. The summed E-state index contributed by atoms with van der Waals surface area (Å²) in [5.41, 5.74) is 1.32. The smallest absolute Gasteiger partial charge is 0.229 e. The zero-order valence-electron chi connectivity index (χ0n) is 13.9. The Hall–Kier alpha value is -2.53. The summed E-state index contributed by atoms with van der Waals surface area (Å²) in [7, 11) is 0. The second kappa shape index (κ2) is 7.57. The van der Waals surface area contributed by atoms with E-state index in [-0.39, 0.29) is 18.2 Å². The molecule has 0 aliphatic carbocycles. The van der Waals surface area contributed by atoms with Gasteiger partial charge in [0, 0.05) is 23.7 Å². The molecule has 0 bridgehead atoms. The van der Waals surface area contributed by atoms with Gasteiger partial charge in [0.2, 0.25) is 11.8 Å². The number of carbonyl (C=O) groups is 2. The van der Waals surface area contributed by atoms with E-state index >= 15 is 0 Å². The third-order valence-electron chi connectivity index (χ3n) is 4.04. The highest BCUT2D eigenvalue weighted by molar-refractivity contribution is 6.30. The largest absolute Gasteiger partial charge is 0.492 e. The van der Waals surface area contributed by atoms with Crippen molar-refractivity contribution in [2.45, 2.75) is 13.3 Å². The van der Waals surface area contributed by atoms with Gasteiger partial charge in [0.25, 0.3) is 0 Å². The molecule has 1 fully saturated rings. The fourth-order valence-corrected chi connectivity index (χ4v) is 3.07. The summed E-state index contributed by atoms with van der Waals surface area (Å²) < 4.78 is 5.59. The van der Waals surface area contributed by atoms with Crippen LogP contribution in [0.25, 0.3) is 0 Å². The van der Waals surface area contributed by atoms with Crippen LogP contribution in [0.4, 0.5) is 11.4 Å². The highest BCUT2D eigenvalue weighted by Crippen LogP contribution is 2.33. The lowest BCUT2D eigenvalue weighted by Crippen LogP contribution is -2.28. The molecule has 0 aromatic heterocycles. The third kappa shape index (κ3) is 3.94. The summed E-state index contributed by atoms with van der Waals surface area (Å²) in [5.74, 6) is -0.0409. The van der Waals surface area contributed by atoms with Crippen molar-refractivity contribution in [2.75, 3.05) is 23.4 Å². The minimum atomic E-state index is -0.416. The Kier molecular flexibility index (Phi) is 5.24. The molecule has 5 nitrogen and oxygen atoms in total. The molecule has 1 aliphatic heterocycles. The fourth-order valence-electron chi connectivity index (χ4n) is 2.88. The topological polar surface area (TPSA) is 58.6 Å². The van der Waals surface area contributed by atoms with Gasteiger partial charge in [0.1, 0.15) is 5.75 Å². The maximum absolute atomic E-state index is 12.5. The van der Waals surface area contributed by atoms with Crippen LogP contribution in [0.1, 0.15) is 13.3 Å². The molecule has 1 N–H and O–H groups in total. The van der Waals surface area contributed by atoms with Crippen LogP contribution in [0.3, 0.4) is 0 Å². The molecule has 0 saturated carbocycles. The van der Waals surface area contributed by atoms with Crippen LogP contribution in [0, 0.1) is 5.92 Å². The molecular formula is C19H19ClN2O3. The number of nitrogens with zero attached hydrogens (tertiary/aromatic N) is 1. The number of para-hydroxylation sites is 2. The number of rotatable bonds is 5. The van der Waals surface area contributed by atoms with Gasteiger partial charge in [-0.25, -0.2) is 0 Å². The number of hydrogen-bond donors (Lipinski definition) is 1. The number of halogens is 1. The Morgan fingerprint density at radius 2 is 2.08 bits per heavy atom. The van der Waals surface area contributed by atoms with Gasteiger partial charge in [-0.05, 0) is 37.3 Å². The molecule has 6 heteroatoms. The van der Waals surface area contributed by atoms with E-state index < -0.39 is 5.92 Å². The Balaban J connectivity index is 1.73. The quantitative estimate of drug-likeness (QED) is 0.886. The van der Waals surface area contributed by atoms with Crippen molar-refractivity contribution in [1.82, 2.24) is 0 Å². The van der Waals surface area contributed by atoms with Gasteiger partial charge in [-0.15, -0.1) is 0 Å². The maximum atomic E-state index is 12.5. The van der Waals surface area contributed by atoms with Gasteiger partial charge in [-0.3, -0.25) is 9.59 Å². The van der Waals surface area contributed by atoms with Gasteiger partial charge in [-0.2, -0.15) is 0 Å². The van der Waals surface area contributed by atoms with Crippen molar-refractivity contribution in [3.63, 3.8) is 0 Å². The van der Waals surface area contributed by atoms with Gasteiger partial charge < -0.3 is 15.0 Å². The van der Waals surface area contributed by atoms with E-state index in [1.165, 1.54) is 0 Å². The molecule has 0 unspecified atom stereocenters. The molecule has 1 aliphatic rings. The van der Waals surface area contributed by atoms with Crippen molar-refractivity contribution < 1.29 is 14.3 Å². The molecule has 2 aromatic carbocycles. The number of hydrogen-bond acceptors (Lipinski definition) is 3. The Bertz CT molecular complexity index is 794. The van der Waals surface area contributed by atoms with Gasteiger partial charge in [0.15, 0.2) is 0 Å². The predicted octanol–water partition coefficient (Wildman–Crippen LogP) is 3.73. The number of amides is 2. The first kappa shape index (κ1) is 17.3. The molecule has 3 rings (SSSR count). The molecule has 25 heavy (non-hydrogen) atoms. The number of carbonyl (C=O) groups excluding carboxylic acids is 2. The van der Waals surface area contributed by atoms with Crippen molar-refractivity contribution in [3.8, 4) is 5.75 Å². The summed E-state index contributed by atoms with van der Waals surface area (Å²) in [6.07, 6.45) is 0.173. The number of anilines is 2. The lowest BCUT2D eigenvalue weighted by molar-refractivity contribution is -0.122. The zero-order valence-corrected chi connectivity index (χ0v) is 14.6. The molecule has 130 valence electrons. The van der Waals surface area contributed by atoms with E-state index in [4.69, 9.17) is 16.3 Å². The Morgan fingerprint density at radius 3 is 2.84 bits per heavy atom. The van der Waals surface area contributed by atoms with Gasteiger partial charge in [0.05, 0.1) is 18.2 Å². The third-order valence-corrected chi connectivity index (χ3v) is 4.28. The van der Waals surface area contributed by atoms with Crippen molar-refractivity contribution in [1.29, 1.82) is 0 Å². The Labute approximate surface area is 151 Å². The van der Waals surface area contributed by atoms with Crippen LogP contribution in [0.2, 0.25) is 5.02 Å². The maximum Gasteiger partial charge on any atom is 0.229 e. The molecule has 0 spiro atoms. The van der Waals surface area contributed by atoms with Crippen LogP contribution < -0.4 is 15.0 Å². The first-order chi connectivity index (χ1) is 12.1. The molecule has 0 radical (unpaired) electrons. The zero-order chi connectivity index (χ0) is 17.8. The fraction of sp³-hybridized carbons (Fsp3) is 0.263. The van der Waals surface area contributed by atoms with Gasteiger partial charge in [-0.1, -0.05) is 29.8 Å². The van der Waals surface area contributed by atoms with Crippen LogP contribution in [0.15, 0.2) is 48.5 Å². The van der Waals surface area contributed by atoms with Gasteiger partial charge >= 0.3 is 0 Å². The van der Waals surface area contributed by atoms with Crippen LogP contribution in [0.5, 0.6) is 5.75 Å². The molecule has 1 heterocycles. The minimum Gasteiger partial charge on any atom is -0.492 e. The molecule has 2 aromatic rings. The summed E-state index contributed by atoms with van der Waals surface area (Å²) in [4.78, 5) is 26.5. The average Bonchev–Trinajstić information content (AvgIpc) is 2.97. The summed E-state index contributed by atoms with van der Waals surface area (Å²) in [6.45, 7) is 2.73. The van der Waals surface area contributed by atoms with E-state index in [9.17, 15) is 9.59 Å². The number of ether oxygens (including phenoxy) is 1. The monoisotopic (exact) mass is 358 g/mol. The first-order valence-corrected chi connectivity index (χ1v) is 8.55. The molecule has 1 atom stereocenters. The van der Waals surface area contributed by atoms with E-state index in [1.54, 1.807) is 29.2 Å². The molecule has 1 saturated heterocycles. The normalized spacial score (nSPS) is 16.8. The van der Waals surface area contributed by atoms with E-state index in [1.807, 2.05) is 31.2 Å². The number of benzene rings is 2. The summed E-state index contributed by atoms with van der Waals surface area (Å²) >= 11 is 5.93. The van der Waals surface area contributed by atoms with E-state index in [0.717, 1.165) is 0 Å². The van der Waals surface area contributed by atoms with Crippen molar-refractivity contribution >= 4 is 34.8 Å². The second-order valence-corrected chi connectivity index (χ2v) is 6.24. The van der Waals surface area contributed by atoms with Crippen LogP contribution in [-0.4, -0.2) is 25.0 Å². The SMILES string of the molecule is CCOc1ccccc1N1C[C@H](C(=O)Nc2cccc(Cl)c2)CC1=O. The van der Waals surface area contributed by atoms with Crippen molar-refractivity contribution in [3.05, 3.63) is 53.6 Å². The minimum absolute atomic E-state index is 0.0848.